The first kappa shape index (κ1) is 15.0. The number of aromatic carboxylic acids is 1. The second kappa shape index (κ2) is 5.95. The van der Waals surface area contributed by atoms with Crippen molar-refractivity contribution in [2.45, 2.75) is 27.4 Å². The van der Waals surface area contributed by atoms with Crippen molar-refractivity contribution in [2.75, 3.05) is 0 Å². The normalized spacial score (nSPS) is 10.5. The SMILES string of the molecule is Cc1cc(F)ccc1COc1c(C)cc(C(=O)O)cc1C. The number of benzene rings is 2. The first-order valence-electron chi connectivity index (χ1n) is 6.61. The molecular formula is C17H17FO3. The van der Waals surface area contributed by atoms with Crippen molar-refractivity contribution < 1.29 is 19.0 Å². The van der Waals surface area contributed by atoms with E-state index in [0.717, 1.165) is 22.3 Å². The van der Waals surface area contributed by atoms with E-state index in [-0.39, 0.29) is 11.4 Å². The van der Waals surface area contributed by atoms with E-state index in [2.05, 4.69) is 0 Å². The number of halogens is 1. The molecule has 3 nitrogen and oxygen atoms in total. The fourth-order valence-corrected chi connectivity index (χ4v) is 2.27. The van der Waals surface area contributed by atoms with E-state index in [1.54, 1.807) is 18.2 Å². The molecule has 0 unspecified atom stereocenters. The Morgan fingerprint density at radius 1 is 1.10 bits per heavy atom. The number of carboxylic acid groups (broad SMARTS) is 1. The van der Waals surface area contributed by atoms with Crippen LogP contribution in [0, 0.1) is 26.6 Å². The molecule has 0 fully saturated rings. The van der Waals surface area contributed by atoms with Gasteiger partial charge in [-0.05, 0) is 67.3 Å². The summed E-state index contributed by atoms with van der Waals surface area (Å²) in [6, 6.07) is 7.73. The maximum atomic E-state index is 13.1. The van der Waals surface area contributed by atoms with Gasteiger partial charge < -0.3 is 9.84 Å². The van der Waals surface area contributed by atoms with Crippen molar-refractivity contribution >= 4 is 5.97 Å². The fourth-order valence-electron chi connectivity index (χ4n) is 2.27. The number of aryl methyl sites for hydroxylation is 3. The molecule has 0 aliphatic carbocycles. The molecule has 0 aromatic heterocycles. The van der Waals surface area contributed by atoms with E-state index in [1.807, 2.05) is 20.8 Å². The van der Waals surface area contributed by atoms with Gasteiger partial charge in [-0.3, -0.25) is 0 Å². The van der Waals surface area contributed by atoms with Crippen LogP contribution < -0.4 is 4.74 Å². The number of rotatable bonds is 4. The minimum absolute atomic E-state index is 0.246. The number of carboxylic acids is 1. The molecule has 0 atom stereocenters. The molecule has 2 aromatic rings. The Balaban J connectivity index is 2.22. The van der Waals surface area contributed by atoms with Gasteiger partial charge in [-0.2, -0.15) is 0 Å². The zero-order valence-electron chi connectivity index (χ0n) is 12.2. The number of hydrogen-bond donors (Lipinski definition) is 1. The van der Waals surface area contributed by atoms with Crippen LogP contribution in [-0.2, 0) is 6.61 Å². The molecule has 0 aliphatic heterocycles. The van der Waals surface area contributed by atoms with Gasteiger partial charge in [0.2, 0.25) is 0 Å². The summed E-state index contributed by atoms with van der Waals surface area (Å²) >= 11 is 0. The van der Waals surface area contributed by atoms with Crippen LogP contribution in [0.15, 0.2) is 30.3 Å². The van der Waals surface area contributed by atoms with Crippen molar-refractivity contribution in [3.05, 3.63) is 64.0 Å². The molecule has 1 N–H and O–H groups in total. The lowest BCUT2D eigenvalue weighted by Crippen LogP contribution is -2.04. The van der Waals surface area contributed by atoms with Gasteiger partial charge >= 0.3 is 5.97 Å². The lowest BCUT2D eigenvalue weighted by Gasteiger charge is -2.14. The molecule has 21 heavy (non-hydrogen) atoms. The molecule has 4 heteroatoms. The summed E-state index contributed by atoms with van der Waals surface area (Å²) < 4.78 is 18.9. The summed E-state index contributed by atoms with van der Waals surface area (Å²) in [5, 5.41) is 9.02. The van der Waals surface area contributed by atoms with Crippen LogP contribution in [0.3, 0.4) is 0 Å². The summed E-state index contributed by atoms with van der Waals surface area (Å²) in [5.74, 6) is -0.555. The number of ether oxygens (including phenoxy) is 1. The maximum absolute atomic E-state index is 13.1. The Morgan fingerprint density at radius 2 is 1.71 bits per heavy atom. The van der Waals surface area contributed by atoms with Crippen molar-refractivity contribution in [1.82, 2.24) is 0 Å². The Kier molecular flexibility index (Phi) is 4.26. The largest absolute Gasteiger partial charge is 0.488 e. The van der Waals surface area contributed by atoms with Gasteiger partial charge in [-0.1, -0.05) is 6.07 Å². The van der Waals surface area contributed by atoms with Gasteiger partial charge in [-0.25, -0.2) is 9.18 Å². The third-order valence-corrected chi connectivity index (χ3v) is 3.38. The third kappa shape index (κ3) is 3.40. The van der Waals surface area contributed by atoms with E-state index in [0.29, 0.717) is 12.4 Å². The van der Waals surface area contributed by atoms with Crippen molar-refractivity contribution in [1.29, 1.82) is 0 Å². The van der Waals surface area contributed by atoms with Gasteiger partial charge in [0.25, 0.3) is 0 Å². The standard InChI is InChI=1S/C17H17FO3/c1-10-8-15(18)5-4-13(10)9-21-16-11(2)6-14(17(19)20)7-12(16)3/h4-8H,9H2,1-3H3,(H,19,20). The predicted octanol–water partition coefficient (Wildman–Crippen LogP) is 4.03. The van der Waals surface area contributed by atoms with Crippen molar-refractivity contribution in [3.63, 3.8) is 0 Å². The highest BCUT2D eigenvalue weighted by atomic mass is 19.1. The molecule has 0 spiro atoms. The molecule has 0 bridgehead atoms. The first-order chi connectivity index (χ1) is 9.88. The Labute approximate surface area is 123 Å². The van der Waals surface area contributed by atoms with E-state index in [4.69, 9.17) is 9.84 Å². The van der Waals surface area contributed by atoms with E-state index < -0.39 is 5.97 Å². The van der Waals surface area contributed by atoms with Crippen LogP contribution in [0.25, 0.3) is 0 Å². The lowest BCUT2D eigenvalue weighted by molar-refractivity contribution is 0.0696. The fraction of sp³-hybridized carbons (Fsp3) is 0.235. The summed E-state index contributed by atoms with van der Waals surface area (Å²) in [4.78, 5) is 11.0. The van der Waals surface area contributed by atoms with E-state index in [1.165, 1.54) is 12.1 Å². The Morgan fingerprint density at radius 3 is 2.24 bits per heavy atom. The molecule has 0 radical (unpaired) electrons. The van der Waals surface area contributed by atoms with Crippen LogP contribution >= 0.6 is 0 Å². The van der Waals surface area contributed by atoms with Crippen LogP contribution in [0.5, 0.6) is 5.75 Å². The first-order valence-corrected chi connectivity index (χ1v) is 6.61. The van der Waals surface area contributed by atoms with Crippen molar-refractivity contribution in [2.24, 2.45) is 0 Å². The molecular weight excluding hydrogens is 271 g/mol. The number of hydrogen-bond acceptors (Lipinski definition) is 2. The van der Waals surface area contributed by atoms with E-state index in [9.17, 15) is 9.18 Å². The summed E-state index contributed by atoms with van der Waals surface area (Å²) in [6.07, 6.45) is 0. The van der Waals surface area contributed by atoms with Gasteiger partial charge in [0, 0.05) is 0 Å². The monoisotopic (exact) mass is 288 g/mol. The van der Waals surface area contributed by atoms with Gasteiger partial charge in [-0.15, -0.1) is 0 Å². The quantitative estimate of drug-likeness (QED) is 0.924. The highest BCUT2D eigenvalue weighted by molar-refractivity contribution is 5.88. The second-order valence-corrected chi connectivity index (χ2v) is 5.10. The van der Waals surface area contributed by atoms with Gasteiger partial charge in [0.1, 0.15) is 18.2 Å². The zero-order valence-corrected chi connectivity index (χ0v) is 12.2. The average molecular weight is 288 g/mol. The van der Waals surface area contributed by atoms with Crippen LogP contribution in [0.2, 0.25) is 0 Å². The lowest BCUT2D eigenvalue weighted by atomic mass is 10.1. The number of carbonyl (C=O) groups is 1. The Hall–Kier alpha value is -2.36. The summed E-state index contributed by atoms with van der Waals surface area (Å²) in [5.41, 5.74) is 3.51. The average Bonchev–Trinajstić information content (AvgIpc) is 2.39. The summed E-state index contributed by atoms with van der Waals surface area (Å²) in [6.45, 7) is 5.77. The molecule has 0 saturated carbocycles. The zero-order chi connectivity index (χ0) is 15.6. The van der Waals surface area contributed by atoms with Crippen LogP contribution in [0.4, 0.5) is 4.39 Å². The smallest absolute Gasteiger partial charge is 0.335 e. The molecule has 0 aliphatic rings. The second-order valence-electron chi connectivity index (χ2n) is 5.10. The molecule has 2 rings (SSSR count). The van der Waals surface area contributed by atoms with Gasteiger partial charge in [0.15, 0.2) is 0 Å². The highest BCUT2D eigenvalue weighted by Gasteiger charge is 2.11. The molecule has 0 saturated heterocycles. The minimum atomic E-state index is -0.956. The van der Waals surface area contributed by atoms with Crippen molar-refractivity contribution in [3.8, 4) is 5.75 Å². The summed E-state index contributed by atoms with van der Waals surface area (Å²) in [7, 11) is 0. The predicted molar refractivity (Wildman–Crippen MR) is 78.3 cm³/mol. The van der Waals surface area contributed by atoms with Crippen LogP contribution in [-0.4, -0.2) is 11.1 Å². The Bertz CT molecular complexity index is 669. The third-order valence-electron chi connectivity index (χ3n) is 3.38. The topological polar surface area (TPSA) is 46.5 Å². The molecule has 0 amide bonds. The molecule has 110 valence electrons. The molecule has 0 heterocycles. The highest BCUT2D eigenvalue weighted by Crippen LogP contribution is 2.26. The molecule has 2 aromatic carbocycles. The van der Waals surface area contributed by atoms with E-state index >= 15 is 0 Å². The van der Waals surface area contributed by atoms with Crippen LogP contribution in [0.1, 0.15) is 32.6 Å². The maximum Gasteiger partial charge on any atom is 0.335 e. The van der Waals surface area contributed by atoms with Gasteiger partial charge in [0.05, 0.1) is 5.56 Å². The minimum Gasteiger partial charge on any atom is -0.488 e.